The second-order valence-corrected chi connectivity index (χ2v) is 5.52. The predicted molar refractivity (Wildman–Crippen MR) is 82.9 cm³/mol. The van der Waals surface area contributed by atoms with Gasteiger partial charge in [0.2, 0.25) is 11.8 Å². The van der Waals surface area contributed by atoms with Gasteiger partial charge in [-0.25, -0.2) is 4.98 Å². The van der Waals surface area contributed by atoms with Gasteiger partial charge in [0.1, 0.15) is 11.9 Å². The lowest BCUT2D eigenvalue weighted by molar-refractivity contribution is -0.129. The second kappa shape index (κ2) is 7.61. The SMILES string of the molecule is CC(=O)NC(C(=O)NCc1cccnc1N(C)C)C(C)C. The molecule has 0 fully saturated rings. The number of nitrogens with one attached hydrogen (secondary N) is 2. The van der Waals surface area contributed by atoms with Crippen LogP contribution >= 0.6 is 0 Å². The van der Waals surface area contributed by atoms with Gasteiger partial charge in [0.25, 0.3) is 0 Å². The molecule has 0 radical (unpaired) electrons. The van der Waals surface area contributed by atoms with Gasteiger partial charge in [-0.15, -0.1) is 0 Å². The zero-order valence-electron chi connectivity index (χ0n) is 13.3. The molecule has 0 spiro atoms. The van der Waals surface area contributed by atoms with Gasteiger partial charge in [-0.3, -0.25) is 9.59 Å². The highest BCUT2D eigenvalue weighted by atomic mass is 16.2. The summed E-state index contributed by atoms with van der Waals surface area (Å²) in [5.41, 5.74) is 0.932. The number of aromatic nitrogens is 1. The lowest BCUT2D eigenvalue weighted by Crippen LogP contribution is -2.48. The highest BCUT2D eigenvalue weighted by Crippen LogP contribution is 2.14. The molecule has 0 aliphatic carbocycles. The number of amides is 2. The third-order valence-electron chi connectivity index (χ3n) is 3.05. The summed E-state index contributed by atoms with van der Waals surface area (Å²) in [7, 11) is 3.81. The van der Waals surface area contributed by atoms with Gasteiger partial charge in [0.05, 0.1) is 0 Å². The van der Waals surface area contributed by atoms with Crippen molar-refractivity contribution in [1.82, 2.24) is 15.6 Å². The summed E-state index contributed by atoms with van der Waals surface area (Å²) < 4.78 is 0. The first kappa shape index (κ1) is 16.9. The fourth-order valence-electron chi connectivity index (χ4n) is 2.02. The Labute approximate surface area is 125 Å². The van der Waals surface area contributed by atoms with E-state index in [0.717, 1.165) is 11.4 Å². The first-order chi connectivity index (χ1) is 9.82. The monoisotopic (exact) mass is 292 g/mol. The molecule has 6 nitrogen and oxygen atoms in total. The van der Waals surface area contributed by atoms with Gasteiger partial charge in [0, 0.05) is 39.3 Å². The fraction of sp³-hybridized carbons (Fsp3) is 0.533. The number of carbonyl (C=O) groups is 2. The van der Waals surface area contributed by atoms with Gasteiger partial charge in [-0.2, -0.15) is 0 Å². The maximum absolute atomic E-state index is 12.2. The summed E-state index contributed by atoms with van der Waals surface area (Å²) in [4.78, 5) is 29.6. The molecule has 21 heavy (non-hydrogen) atoms. The minimum Gasteiger partial charge on any atom is -0.362 e. The van der Waals surface area contributed by atoms with Crippen molar-refractivity contribution >= 4 is 17.6 Å². The van der Waals surface area contributed by atoms with Gasteiger partial charge < -0.3 is 15.5 Å². The number of rotatable bonds is 6. The quantitative estimate of drug-likeness (QED) is 0.818. The predicted octanol–water partition coefficient (Wildman–Crippen LogP) is 0.924. The molecule has 0 saturated carbocycles. The van der Waals surface area contributed by atoms with E-state index in [-0.39, 0.29) is 17.7 Å². The summed E-state index contributed by atoms with van der Waals surface area (Å²) in [6.45, 7) is 5.59. The molecule has 1 aromatic rings. The van der Waals surface area contributed by atoms with Crippen LogP contribution < -0.4 is 15.5 Å². The van der Waals surface area contributed by atoms with Crippen molar-refractivity contribution in [3.63, 3.8) is 0 Å². The van der Waals surface area contributed by atoms with Crippen LogP contribution in [-0.4, -0.2) is 36.9 Å². The molecule has 1 rings (SSSR count). The lowest BCUT2D eigenvalue weighted by atomic mass is 10.0. The van der Waals surface area contributed by atoms with E-state index < -0.39 is 6.04 Å². The third-order valence-corrected chi connectivity index (χ3v) is 3.05. The van der Waals surface area contributed by atoms with E-state index in [9.17, 15) is 9.59 Å². The second-order valence-electron chi connectivity index (χ2n) is 5.52. The molecular weight excluding hydrogens is 268 g/mol. The molecule has 0 aromatic carbocycles. The first-order valence-electron chi connectivity index (χ1n) is 6.99. The van der Waals surface area contributed by atoms with Crippen LogP contribution in [0.3, 0.4) is 0 Å². The summed E-state index contributed by atoms with van der Waals surface area (Å²) in [5, 5.41) is 5.54. The van der Waals surface area contributed by atoms with Crippen molar-refractivity contribution in [1.29, 1.82) is 0 Å². The van der Waals surface area contributed by atoms with Crippen LogP contribution in [0, 0.1) is 5.92 Å². The third kappa shape index (κ3) is 5.06. The van der Waals surface area contributed by atoms with Gasteiger partial charge >= 0.3 is 0 Å². The number of hydrogen-bond acceptors (Lipinski definition) is 4. The summed E-state index contributed by atoms with van der Waals surface area (Å²) in [6, 6.07) is 3.23. The molecule has 1 unspecified atom stereocenters. The number of pyridine rings is 1. The van der Waals surface area contributed by atoms with E-state index in [0.29, 0.717) is 6.54 Å². The van der Waals surface area contributed by atoms with Crippen molar-refractivity contribution in [2.45, 2.75) is 33.4 Å². The van der Waals surface area contributed by atoms with E-state index in [1.807, 2.05) is 45.0 Å². The molecule has 2 amide bonds. The van der Waals surface area contributed by atoms with Crippen LogP contribution in [0.15, 0.2) is 18.3 Å². The zero-order chi connectivity index (χ0) is 16.0. The molecular formula is C15H24N4O2. The van der Waals surface area contributed by atoms with Crippen LogP contribution in [0.25, 0.3) is 0 Å². The Bertz CT molecular complexity index is 500. The number of nitrogens with zero attached hydrogens (tertiary/aromatic N) is 2. The Morgan fingerprint density at radius 1 is 1.33 bits per heavy atom. The fourth-order valence-corrected chi connectivity index (χ4v) is 2.02. The van der Waals surface area contributed by atoms with E-state index in [1.165, 1.54) is 6.92 Å². The molecule has 116 valence electrons. The van der Waals surface area contributed by atoms with Crippen molar-refractivity contribution in [3.8, 4) is 0 Å². The minimum absolute atomic E-state index is 0.0242. The van der Waals surface area contributed by atoms with Gasteiger partial charge in [-0.1, -0.05) is 19.9 Å². The Morgan fingerprint density at radius 2 is 2.00 bits per heavy atom. The number of carbonyl (C=O) groups excluding carboxylic acids is 2. The van der Waals surface area contributed by atoms with Crippen LogP contribution in [0.1, 0.15) is 26.3 Å². The van der Waals surface area contributed by atoms with Crippen LogP contribution in [0.5, 0.6) is 0 Å². The minimum atomic E-state index is -0.526. The zero-order valence-corrected chi connectivity index (χ0v) is 13.3. The summed E-state index contributed by atoms with van der Waals surface area (Å²) in [5.74, 6) is 0.447. The average molecular weight is 292 g/mol. The highest BCUT2D eigenvalue weighted by Gasteiger charge is 2.22. The Hall–Kier alpha value is -2.11. The molecule has 1 atom stereocenters. The highest BCUT2D eigenvalue weighted by molar-refractivity contribution is 5.87. The Morgan fingerprint density at radius 3 is 2.52 bits per heavy atom. The molecule has 2 N–H and O–H groups in total. The van der Waals surface area contributed by atoms with Gasteiger partial charge in [0.15, 0.2) is 0 Å². The number of hydrogen-bond donors (Lipinski definition) is 2. The summed E-state index contributed by atoms with van der Waals surface area (Å²) in [6.07, 6.45) is 1.72. The molecule has 0 saturated heterocycles. The topological polar surface area (TPSA) is 74.3 Å². The van der Waals surface area contributed by atoms with Crippen molar-refractivity contribution in [2.75, 3.05) is 19.0 Å². The molecule has 1 aromatic heterocycles. The van der Waals surface area contributed by atoms with E-state index >= 15 is 0 Å². The first-order valence-corrected chi connectivity index (χ1v) is 6.99. The molecule has 0 aliphatic heterocycles. The maximum atomic E-state index is 12.2. The van der Waals surface area contributed by atoms with Crippen LogP contribution in [0.4, 0.5) is 5.82 Å². The van der Waals surface area contributed by atoms with Crippen molar-refractivity contribution in [2.24, 2.45) is 5.92 Å². The lowest BCUT2D eigenvalue weighted by Gasteiger charge is -2.22. The van der Waals surface area contributed by atoms with E-state index in [1.54, 1.807) is 6.20 Å². The van der Waals surface area contributed by atoms with E-state index in [2.05, 4.69) is 15.6 Å². The van der Waals surface area contributed by atoms with E-state index in [4.69, 9.17) is 0 Å². The van der Waals surface area contributed by atoms with Crippen LogP contribution in [-0.2, 0) is 16.1 Å². The smallest absolute Gasteiger partial charge is 0.243 e. The van der Waals surface area contributed by atoms with Crippen molar-refractivity contribution < 1.29 is 9.59 Å². The Balaban J connectivity index is 2.73. The summed E-state index contributed by atoms with van der Waals surface area (Å²) >= 11 is 0. The molecule has 0 bridgehead atoms. The largest absolute Gasteiger partial charge is 0.362 e. The average Bonchev–Trinajstić information content (AvgIpc) is 2.41. The molecule has 6 heteroatoms. The number of anilines is 1. The van der Waals surface area contributed by atoms with Gasteiger partial charge in [-0.05, 0) is 12.0 Å². The van der Waals surface area contributed by atoms with Crippen molar-refractivity contribution in [3.05, 3.63) is 23.9 Å². The van der Waals surface area contributed by atoms with Crippen LogP contribution in [0.2, 0.25) is 0 Å². The Kier molecular flexibility index (Phi) is 6.14. The normalized spacial score (nSPS) is 11.9. The molecule has 0 aliphatic rings. The standard InChI is InChI=1S/C15H24N4O2/c1-10(2)13(18-11(3)20)15(21)17-9-12-7-6-8-16-14(12)19(4)5/h6-8,10,13H,9H2,1-5H3,(H,17,21)(H,18,20). The molecule has 1 heterocycles. The maximum Gasteiger partial charge on any atom is 0.243 e.